The number of hydrogen-bond donors (Lipinski definition) is 0. The molecule has 1 saturated heterocycles. The van der Waals surface area contributed by atoms with E-state index in [0.717, 1.165) is 30.4 Å². The number of rotatable bonds is 7. The van der Waals surface area contributed by atoms with E-state index in [1.807, 2.05) is 26.0 Å². The second kappa shape index (κ2) is 7.89. The summed E-state index contributed by atoms with van der Waals surface area (Å²) in [6.45, 7) is 6.27. The molecule has 1 heterocycles. The lowest BCUT2D eigenvalue weighted by Crippen LogP contribution is -2.30. The Morgan fingerprint density at radius 3 is 2.43 bits per heavy atom. The van der Waals surface area contributed by atoms with E-state index in [1.54, 1.807) is 0 Å². The SMILES string of the molecule is CCOP(=O)(OCC)C1CCCN1Cc1ccc(Br)cc1. The van der Waals surface area contributed by atoms with Crippen LogP contribution in [0, 0.1) is 0 Å². The van der Waals surface area contributed by atoms with E-state index in [2.05, 4.69) is 33.0 Å². The largest absolute Gasteiger partial charge is 0.347 e. The Balaban J connectivity index is 2.11. The van der Waals surface area contributed by atoms with Gasteiger partial charge in [0.15, 0.2) is 0 Å². The van der Waals surface area contributed by atoms with Crippen molar-refractivity contribution in [2.24, 2.45) is 0 Å². The highest BCUT2D eigenvalue weighted by atomic mass is 79.9. The Morgan fingerprint density at radius 2 is 1.86 bits per heavy atom. The molecule has 1 aliphatic rings. The zero-order chi connectivity index (χ0) is 15.3. The fourth-order valence-corrected chi connectivity index (χ4v) is 5.24. The number of halogens is 1. The third-order valence-electron chi connectivity index (χ3n) is 3.61. The van der Waals surface area contributed by atoms with Gasteiger partial charge in [-0.3, -0.25) is 9.46 Å². The summed E-state index contributed by atoms with van der Waals surface area (Å²) in [4.78, 5) is 2.23. The summed E-state index contributed by atoms with van der Waals surface area (Å²) in [6, 6.07) is 8.24. The van der Waals surface area contributed by atoms with Crippen molar-refractivity contribution in [1.29, 1.82) is 0 Å². The number of benzene rings is 1. The number of likely N-dealkylation sites (tertiary alicyclic amines) is 1. The molecule has 21 heavy (non-hydrogen) atoms. The van der Waals surface area contributed by atoms with Gasteiger partial charge in [-0.2, -0.15) is 0 Å². The lowest BCUT2D eigenvalue weighted by molar-refractivity contribution is 0.179. The second-order valence-corrected chi connectivity index (χ2v) is 8.20. The van der Waals surface area contributed by atoms with Crippen molar-refractivity contribution in [1.82, 2.24) is 4.90 Å². The lowest BCUT2D eigenvalue weighted by atomic mass is 10.2. The third-order valence-corrected chi connectivity index (χ3v) is 6.69. The van der Waals surface area contributed by atoms with Crippen LogP contribution in [0.4, 0.5) is 0 Å². The first-order valence-electron chi connectivity index (χ1n) is 7.46. The molecule has 6 heteroatoms. The topological polar surface area (TPSA) is 38.8 Å². The molecule has 0 spiro atoms. The average molecular weight is 376 g/mol. The molecular weight excluding hydrogens is 353 g/mol. The molecule has 0 bridgehead atoms. The van der Waals surface area contributed by atoms with Gasteiger partial charge in [0, 0.05) is 11.0 Å². The lowest BCUT2D eigenvalue weighted by Gasteiger charge is -2.30. The highest BCUT2D eigenvalue weighted by Crippen LogP contribution is 2.57. The van der Waals surface area contributed by atoms with Crippen molar-refractivity contribution in [3.8, 4) is 0 Å². The van der Waals surface area contributed by atoms with Crippen molar-refractivity contribution >= 4 is 23.5 Å². The fourth-order valence-electron chi connectivity index (χ4n) is 2.74. The first-order valence-corrected chi connectivity index (χ1v) is 9.87. The van der Waals surface area contributed by atoms with Crippen LogP contribution < -0.4 is 0 Å². The van der Waals surface area contributed by atoms with Gasteiger partial charge in [-0.1, -0.05) is 28.1 Å². The maximum absolute atomic E-state index is 13.0. The summed E-state index contributed by atoms with van der Waals surface area (Å²) in [5.41, 5.74) is 1.21. The van der Waals surface area contributed by atoms with Crippen molar-refractivity contribution in [2.45, 2.75) is 39.0 Å². The molecule has 1 aromatic rings. The quantitative estimate of drug-likeness (QED) is 0.650. The van der Waals surface area contributed by atoms with Gasteiger partial charge >= 0.3 is 7.60 Å². The van der Waals surface area contributed by atoms with Crippen molar-refractivity contribution in [3.63, 3.8) is 0 Å². The summed E-state index contributed by atoms with van der Waals surface area (Å²) < 4.78 is 25.1. The van der Waals surface area contributed by atoms with Gasteiger partial charge < -0.3 is 9.05 Å². The van der Waals surface area contributed by atoms with Crippen LogP contribution in [0.2, 0.25) is 0 Å². The third kappa shape index (κ3) is 4.40. The highest BCUT2D eigenvalue weighted by molar-refractivity contribution is 9.10. The zero-order valence-corrected chi connectivity index (χ0v) is 15.1. The smallest absolute Gasteiger partial charge is 0.308 e. The molecular formula is C15H23BrNO3P. The van der Waals surface area contributed by atoms with Crippen LogP contribution in [-0.4, -0.2) is 30.4 Å². The molecule has 0 aromatic heterocycles. The van der Waals surface area contributed by atoms with Gasteiger partial charge in [-0.25, -0.2) is 0 Å². The van der Waals surface area contributed by atoms with Gasteiger partial charge in [0.25, 0.3) is 0 Å². The Labute approximate surface area is 135 Å². The number of nitrogens with zero attached hydrogens (tertiary/aromatic N) is 1. The van der Waals surface area contributed by atoms with Crippen molar-refractivity contribution in [3.05, 3.63) is 34.3 Å². The summed E-state index contributed by atoms with van der Waals surface area (Å²) in [5.74, 6) is -0.124. The summed E-state index contributed by atoms with van der Waals surface area (Å²) in [5, 5.41) is 0. The second-order valence-electron chi connectivity index (χ2n) is 5.10. The molecule has 118 valence electrons. The van der Waals surface area contributed by atoms with E-state index in [9.17, 15) is 4.57 Å². The predicted molar refractivity (Wildman–Crippen MR) is 88.4 cm³/mol. The Morgan fingerprint density at radius 1 is 1.24 bits per heavy atom. The summed E-state index contributed by atoms with van der Waals surface area (Å²) in [7, 11) is -3.05. The minimum Gasteiger partial charge on any atom is -0.308 e. The summed E-state index contributed by atoms with van der Waals surface area (Å²) in [6.07, 6.45) is 1.90. The van der Waals surface area contributed by atoms with Crippen LogP contribution in [0.15, 0.2) is 28.7 Å². The molecule has 0 saturated carbocycles. The van der Waals surface area contributed by atoms with E-state index in [1.165, 1.54) is 5.56 Å². The first-order chi connectivity index (χ1) is 10.1. The molecule has 1 unspecified atom stereocenters. The van der Waals surface area contributed by atoms with E-state index < -0.39 is 7.60 Å². The molecule has 2 rings (SSSR count). The number of hydrogen-bond acceptors (Lipinski definition) is 4. The van der Waals surface area contributed by atoms with Crippen LogP contribution in [0.1, 0.15) is 32.3 Å². The summed E-state index contributed by atoms with van der Waals surface area (Å²) >= 11 is 3.44. The molecule has 4 nitrogen and oxygen atoms in total. The van der Waals surface area contributed by atoms with Gasteiger partial charge in [-0.15, -0.1) is 0 Å². The predicted octanol–water partition coefficient (Wildman–Crippen LogP) is 4.64. The average Bonchev–Trinajstić information content (AvgIpc) is 2.91. The van der Waals surface area contributed by atoms with Crippen LogP contribution in [0.25, 0.3) is 0 Å². The minimum atomic E-state index is -3.05. The first kappa shape index (κ1) is 17.2. The fraction of sp³-hybridized carbons (Fsp3) is 0.600. The molecule has 1 fully saturated rings. The molecule has 1 aromatic carbocycles. The standard InChI is InChI=1S/C15H23BrNO3P/c1-3-19-21(18,20-4-2)15-6-5-11-17(15)12-13-7-9-14(16)10-8-13/h7-10,15H,3-6,11-12H2,1-2H3. The van der Waals surface area contributed by atoms with Gasteiger partial charge in [0.05, 0.1) is 13.2 Å². The molecule has 0 radical (unpaired) electrons. The Hall–Kier alpha value is -0.190. The van der Waals surface area contributed by atoms with Crippen LogP contribution in [0.5, 0.6) is 0 Å². The molecule has 0 N–H and O–H groups in total. The highest BCUT2D eigenvalue weighted by Gasteiger charge is 2.42. The van der Waals surface area contributed by atoms with Crippen LogP contribution >= 0.6 is 23.5 Å². The van der Waals surface area contributed by atoms with Gasteiger partial charge in [0.1, 0.15) is 5.78 Å². The normalized spacial score (nSPS) is 20.0. The molecule has 0 amide bonds. The maximum atomic E-state index is 13.0. The Bertz CT molecular complexity index is 484. The minimum absolute atomic E-state index is 0.124. The van der Waals surface area contributed by atoms with E-state index in [-0.39, 0.29) is 5.78 Å². The van der Waals surface area contributed by atoms with E-state index >= 15 is 0 Å². The monoisotopic (exact) mass is 375 g/mol. The van der Waals surface area contributed by atoms with Gasteiger partial charge in [0.2, 0.25) is 0 Å². The van der Waals surface area contributed by atoms with E-state index in [0.29, 0.717) is 13.2 Å². The molecule has 0 aliphatic carbocycles. The van der Waals surface area contributed by atoms with E-state index in [4.69, 9.17) is 9.05 Å². The maximum Gasteiger partial charge on any atom is 0.347 e. The molecule has 1 aliphatic heterocycles. The molecule has 1 atom stereocenters. The van der Waals surface area contributed by atoms with Crippen LogP contribution in [0.3, 0.4) is 0 Å². The van der Waals surface area contributed by atoms with Crippen molar-refractivity contribution < 1.29 is 13.6 Å². The Kier molecular flexibility index (Phi) is 6.45. The zero-order valence-electron chi connectivity index (χ0n) is 12.6. The van der Waals surface area contributed by atoms with Crippen molar-refractivity contribution in [2.75, 3.05) is 19.8 Å². The van der Waals surface area contributed by atoms with Gasteiger partial charge in [-0.05, 0) is 50.9 Å². The van der Waals surface area contributed by atoms with Crippen LogP contribution in [-0.2, 0) is 20.2 Å².